The molecule has 0 amide bonds. The lowest BCUT2D eigenvalue weighted by molar-refractivity contribution is 0.271. The summed E-state index contributed by atoms with van der Waals surface area (Å²) in [5.74, 6) is 1.54. The van der Waals surface area contributed by atoms with E-state index in [-0.39, 0.29) is 0 Å². The van der Waals surface area contributed by atoms with Crippen LogP contribution in [0.3, 0.4) is 0 Å². The number of nitrogen functional groups attached to an aromatic ring is 1. The number of ether oxygens (including phenoxy) is 2. The third kappa shape index (κ3) is 6.14. The standard InChI is InChI=1S/C27H34Cl2N6O2/c1-5-34-8-10-35(11-9-34)19-12-17(2)26(21(30)13-19)33-27-31-15-18(16-32-27)6-7-20-24(28)22(36-3)14-23(37-4)25(20)29/h12-16H,5-11,30H2,1-4H3,(H,31,32,33). The molecule has 3 N–H and O–H groups in total. The second-order valence-corrected chi connectivity index (χ2v) is 9.83. The Morgan fingerprint density at radius 2 is 1.57 bits per heavy atom. The van der Waals surface area contributed by atoms with Gasteiger partial charge in [0.2, 0.25) is 5.95 Å². The van der Waals surface area contributed by atoms with Crippen LogP contribution < -0.4 is 25.4 Å². The van der Waals surface area contributed by atoms with Gasteiger partial charge in [0.1, 0.15) is 11.5 Å². The molecule has 0 unspecified atom stereocenters. The summed E-state index contributed by atoms with van der Waals surface area (Å²) in [6.07, 6.45) is 4.82. The van der Waals surface area contributed by atoms with E-state index in [1.165, 1.54) is 0 Å². The Bertz CT molecular complexity index is 1180. The molecule has 0 saturated carbocycles. The maximum atomic E-state index is 6.50. The van der Waals surface area contributed by atoms with Crippen LogP contribution >= 0.6 is 23.2 Å². The van der Waals surface area contributed by atoms with Crippen molar-refractivity contribution in [2.75, 3.05) is 62.9 Å². The SMILES string of the molecule is CCN1CCN(c2cc(C)c(Nc3ncc(CCc4c(Cl)c(OC)cc(OC)c4Cl)cn3)c(N)c2)CC1. The molecule has 198 valence electrons. The zero-order valence-corrected chi connectivity index (χ0v) is 23.3. The summed E-state index contributed by atoms with van der Waals surface area (Å²) >= 11 is 13.0. The number of rotatable bonds is 9. The van der Waals surface area contributed by atoms with E-state index in [0.717, 1.165) is 60.8 Å². The molecule has 2 heterocycles. The summed E-state index contributed by atoms with van der Waals surface area (Å²) in [4.78, 5) is 13.9. The lowest BCUT2D eigenvalue weighted by Gasteiger charge is -2.36. The maximum Gasteiger partial charge on any atom is 0.227 e. The van der Waals surface area contributed by atoms with Crippen LogP contribution in [0.4, 0.5) is 23.0 Å². The number of nitrogens with two attached hydrogens (primary N) is 1. The van der Waals surface area contributed by atoms with Gasteiger partial charge in [-0.1, -0.05) is 30.1 Å². The van der Waals surface area contributed by atoms with Gasteiger partial charge in [-0.2, -0.15) is 0 Å². The maximum absolute atomic E-state index is 6.50. The van der Waals surface area contributed by atoms with E-state index in [0.29, 0.717) is 46.0 Å². The van der Waals surface area contributed by atoms with E-state index in [4.69, 9.17) is 38.4 Å². The monoisotopic (exact) mass is 544 g/mol. The molecule has 1 aromatic heterocycles. The molecular weight excluding hydrogens is 511 g/mol. The number of methoxy groups -OCH3 is 2. The van der Waals surface area contributed by atoms with Crippen molar-refractivity contribution in [2.45, 2.75) is 26.7 Å². The number of aryl methyl sites for hydroxylation is 2. The number of halogens is 2. The van der Waals surface area contributed by atoms with E-state index in [9.17, 15) is 0 Å². The van der Waals surface area contributed by atoms with E-state index in [2.05, 4.69) is 45.0 Å². The zero-order valence-electron chi connectivity index (χ0n) is 21.8. The Morgan fingerprint density at radius 1 is 0.946 bits per heavy atom. The quantitative estimate of drug-likeness (QED) is 0.348. The first-order valence-corrected chi connectivity index (χ1v) is 13.1. The minimum absolute atomic E-state index is 0.481. The van der Waals surface area contributed by atoms with Gasteiger partial charge in [-0.05, 0) is 55.1 Å². The molecule has 0 bridgehead atoms. The van der Waals surface area contributed by atoms with Crippen molar-refractivity contribution in [1.82, 2.24) is 14.9 Å². The average molecular weight is 546 g/mol. The van der Waals surface area contributed by atoms with E-state index < -0.39 is 0 Å². The lowest BCUT2D eigenvalue weighted by atomic mass is 10.1. The largest absolute Gasteiger partial charge is 0.495 e. The first-order valence-electron chi connectivity index (χ1n) is 12.4. The number of hydrogen-bond acceptors (Lipinski definition) is 8. The summed E-state index contributed by atoms with van der Waals surface area (Å²) in [7, 11) is 3.13. The second-order valence-electron chi connectivity index (χ2n) is 9.08. The summed E-state index contributed by atoms with van der Waals surface area (Å²) in [5.41, 5.74) is 11.9. The normalized spacial score (nSPS) is 14.1. The van der Waals surface area contributed by atoms with Crippen molar-refractivity contribution >= 4 is 46.2 Å². The summed E-state index contributed by atoms with van der Waals surface area (Å²) in [5, 5.41) is 4.25. The van der Waals surface area contributed by atoms with Gasteiger partial charge in [0.15, 0.2) is 0 Å². The van der Waals surface area contributed by atoms with Crippen LogP contribution in [-0.4, -0.2) is 61.8 Å². The number of hydrogen-bond donors (Lipinski definition) is 2. The van der Waals surface area contributed by atoms with Crippen molar-refractivity contribution in [3.63, 3.8) is 0 Å². The van der Waals surface area contributed by atoms with Crippen molar-refractivity contribution < 1.29 is 9.47 Å². The van der Waals surface area contributed by atoms with Gasteiger partial charge in [-0.15, -0.1) is 0 Å². The molecule has 1 aliphatic rings. The first kappa shape index (κ1) is 27.1. The van der Waals surface area contributed by atoms with E-state index in [1.54, 1.807) is 32.7 Å². The highest BCUT2D eigenvalue weighted by Crippen LogP contribution is 2.41. The van der Waals surface area contributed by atoms with Crippen LogP contribution in [0.15, 0.2) is 30.6 Å². The van der Waals surface area contributed by atoms with Gasteiger partial charge in [-0.3, -0.25) is 0 Å². The van der Waals surface area contributed by atoms with Gasteiger partial charge in [0, 0.05) is 50.3 Å². The lowest BCUT2D eigenvalue weighted by Crippen LogP contribution is -2.46. The van der Waals surface area contributed by atoms with Gasteiger partial charge >= 0.3 is 0 Å². The Balaban J connectivity index is 1.43. The molecule has 0 atom stereocenters. The number of aromatic nitrogens is 2. The molecule has 0 aliphatic carbocycles. The van der Waals surface area contributed by atoms with Crippen LogP contribution in [-0.2, 0) is 12.8 Å². The summed E-state index contributed by atoms with van der Waals surface area (Å²) in [6, 6.07) is 5.89. The highest BCUT2D eigenvalue weighted by Gasteiger charge is 2.19. The number of likely N-dealkylation sites (N-methyl/N-ethyl adjacent to an activating group) is 1. The second kappa shape index (κ2) is 12.1. The molecule has 0 spiro atoms. The van der Waals surface area contributed by atoms with Crippen molar-refractivity contribution in [3.05, 3.63) is 57.3 Å². The third-order valence-corrected chi connectivity index (χ3v) is 7.63. The smallest absolute Gasteiger partial charge is 0.227 e. The van der Waals surface area contributed by atoms with Crippen molar-refractivity contribution in [3.8, 4) is 11.5 Å². The van der Waals surface area contributed by atoms with E-state index in [1.807, 2.05) is 6.07 Å². The number of piperazine rings is 1. The molecule has 0 radical (unpaired) electrons. The fourth-order valence-corrected chi connectivity index (χ4v) is 5.25. The van der Waals surface area contributed by atoms with Crippen molar-refractivity contribution in [2.24, 2.45) is 0 Å². The fraction of sp³-hybridized carbons (Fsp3) is 0.407. The van der Waals surface area contributed by atoms with Gasteiger partial charge < -0.3 is 30.3 Å². The summed E-state index contributed by atoms with van der Waals surface area (Å²) < 4.78 is 10.7. The highest BCUT2D eigenvalue weighted by atomic mass is 35.5. The Hall–Kier alpha value is -2.94. The zero-order chi connectivity index (χ0) is 26.5. The number of anilines is 4. The van der Waals surface area contributed by atoms with Gasteiger partial charge in [-0.25, -0.2) is 9.97 Å². The molecular formula is C27H34Cl2N6O2. The van der Waals surface area contributed by atoms with Gasteiger partial charge in [0.25, 0.3) is 0 Å². The Kier molecular flexibility index (Phi) is 8.84. The Morgan fingerprint density at radius 3 is 2.11 bits per heavy atom. The van der Waals surface area contributed by atoms with Gasteiger partial charge in [0.05, 0.1) is 35.6 Å². The predicted octanol–water partition coefficient (Wildman–Crippen LogP) is 5.36. The van der Waals surface area contributed by atoms with Crippen LogP contribution in [0, 0.1) is 6.92 Å². The molecule has 8 nitrogen and oxygen atoms in total. The fourth-order valence-electron chi connectivity index (χ4n) is 4.56. The highest BCUT2D eigenvalue weighted by molar-refractivity contribution is 6.37. The topological polar surface area (TPSA) is 88.8 Å². The minimum Gasteiger partial charge on any atom is -0.495 e. The molecule has 3 aromatic rings. The molecule has 1 saturated heterocycles. The number of nitrogens with one attached hydrogen (secondary N) is 1. The third-order valence-electron chi connectivity index (χ3n) is 6.81. The van der Waals surface area contributed by atoms with Crippen LogP contribution in [0.2, 0.25) is 10.0 Å². The molecule has 4 rings (SSSR count). The molecule has 2 aromatic carbocycles. The van der Waals surface area contributed by atoms with E-state index >= 15 is 0 Å². The minimum atomic E-state index is 0.481. The molecule has 1 fully saturated rings. The Labute approximate surface area is 228 Å². The van der Waals surface area contributed by atoms with Crippen LogP contribution in [0.1, 0.15) is 23.6 Å². The molecule has 1 aliphatic heterocycles. The number of benzene rings is 2. The average Bonchev–Trinajstić information content (AvgIpc) is 2.91. The molecule has 10 heteroatoms. The molecule has 37 heavy (non-hydrogen) atoms. The summed E-state index contributed by atoms with van der Waals surface area (Å²) in [6.45, 7) is 9.49. The van der Waals surface area contributed by atoms with Crippen LogP contribution in [0.5, 0.6) is 11.5 Å². The first-order chi connectivity index (χ1) is 17.8. The number of nitrogens with zero attached hydrogens (tertiary/aromatic N) is 4. The van der Waals surface area contributed by atoms with Crippen LogP contribution in [0.25, 0.3) is 0 Å². The van der Waals surface area contributed by atoms with Crippen molar-refractivity contribution in [1.29, 1.82) is 0 Å². The predicted molar refractivity (Wildman–Crippen MR) is 152 cm³/mol.